The molecule has 0 aliphatic rings. The van der Waals surface area contributed by atoms with Crippen LogP contribution in [0.1, 0.15) is 26.5 Å². The summed E-state index contributed by atoms with van der Waals surface area (Å²) in [7, 11) is 0. The Balaban J connectivity index is 1.60. The first-order valence-corrected chi connectivity index (χ1v) is 8.06. The van der Waals surface area contributed by atoms with Crippen LogP contribution in [0.2, 0.25) is 0 Å². The Morgan fingerprint density at radius 2 is 1.79 bits per heavy atom. The van der Waals surface area contributed by atoms with E-state index in [9.17, 15) is 19.7 Å². The van der Waals surface area contributed by atoms with Gasteiger partial charge in [0, 0.05) is 28.9 Å². The van der Waals surface area contributed by atoms with E-state index in [1.165, 1.54) is 48.9 Å². The Bertz CT molecular complexity index is 1030. The number of nitrogens with one attached hydrogen (secondary N) is 2. The van der Waals surface area contributed by atoms with E-state index < -0.39 is 16.7 Å². The molecule has 2 aromatic carbocycles. The van der Waals surface area contributed by atoms with Gasteiger partial charge < -0.3 is 9.73 Å². The van der Waals surface area contributed by atoms with Crippen LogP contribution in [-0.4, -0.2) is 23.0 Å². The molecule has 2 amide bonds. The van der Waals surface area contributed by atoms with Gasteiger partial charge in [-0.15, -0.1) is 0 Å². The number of amides is 2. The van der Waals surface area contributed by atoms with Gasteiger partial charge in [-0.3, -0.25) is 19.7 Å². The Hall–Kier alpha value is -4.27. The molecule has 0 unspecified atom stereocenters. The van der Waals surface area contributed by atoms with Crippen molar-refractivity contribution in [3.8, 4) is 0 Å². The summed E-state index contributed by atoms with van der Waals surface area (Å²) in [4.78, 5) is 34.5. The number of nitro groups is 1. The van der Waals surface area contributed by atoms with E-state index in [2.05, 4.69) is 15.8 Å². The zero-order chi connectivity index (χ0) is 19.9. The van der Waals surface area contributed by atoms with Gasteiger partial charge in [0.25, 0.3) is 17.5 Å². The van der Waals surface area contributed by atoms with Gasteiger partial charge in [-0.2, -0.15) is 5.10 Å². The number of hydrogen-bond donors (Lipinski definition) is 2. The third-order valence-electron chi connectivity index (χ3n) is 3.63. The summed E-state index contributed by atoms with van der Waals surface area (Å²) in [6.45, 7) is 0. The monoisotopic (exact) mass is 378 g/mol. The van der Waals surface area contributed by atoms with E-state index in [0.29, 0.717) is 17.0 Å². The number of nitrogens with zero attached hydrogens (tertiary/aromatic N) is 2. The summed E-state index contributed by atoms with van der Waals surface area (Å²) in [5, 5.41) is 17.2. The van der Waals surface area contributed by atoms with E-state index in [1.54, 1.807) is 24.3 Å². The third-order valence-corrected chi connectivity index (χ3v) is 3.63. The molecule has 2 N–H and O–H groups in total. The van der Waals surface area contributed by atoms with Crippen LogP contribution >= 0.6 is 0 Å². The minimum absolute atomic E-state index is 0.156. The summed E-state index contributed by atoms with van der Waals surface area (Å²) >= 11 is 0. The second-order valence-corrected chi connectivity index (χ2v) is 5.55. The summed E-state index contributed by atoms with van der Waals surface area (Å²) < 4.78 is 5.05. The van der Waals surface area contributed by atoms with Crippen LogP contribution in [-0.2, 0) is 0 Å². The van der Waals surface area contributed by atoms with Crippen LogP contribution < -0.4 is 10.7 Å². The van der Waals surface area contributed by atoms with E-state index in [0.717, 1.165) is 0 Å². The second kappa shape index (κ2) is 8.41. The van der Waals surface area contributed by atoms with Crippen molar-refractivity contribution < 1.29 is 18.9 Å². The van der Waals surface area contributed by atoms with Gasteiger partial charge in [0.1, 0.15) is 5.76 Å². The molecule has 28 heavy (non-hydrogen) atoms. The maximum atomic E-state index is 12.2. The predicted octanol–water partition coefficient (Wildman–Crippen LogP) is 3.20. The van der Waals surface area contributed by atoms with Gasteiger partial charge in [0.05, 0.1) is 17.4 Å². The number of hydrazone groups is 1. The zero-order valence-corrected chi connectivity index (χ0v) is 14.4. The molecule has 0 aliphatic carbocycles. The largest absolute Gasteiger partial charge is 0.463 e. The molecule has 9 heteroatoms. The first-order valence-electron chi connectivity index (χ1n) is 8.06. The highest BCUT2D eigenvalue weighted by Crippen LogP contribution is 2.16. The van der Waals surface area contributed by atoms with E-state index in [4.69, 9.17) is 4.42 Å². The highest BCUT2D eigenvalue weighted by atomic mass is 16.6. The number of nitro benzene ring substituents is 1. The lowest BCUT2D eigenvalue weighted by molar-refractivity contribution is -0.384. The lowest BCUT2D eigenvalue weighted by Crippen LogP contribution is -2.17. The van der Waals surface area contributed by atoms with Crippen LogP contribution in [0.25, 0.3) is 0 Å². The Morgan fingerprint density at radius 1 is 1.00 bits per heavy atom. The number of rotatable bonds is 6. The van der Waals surface area contributed by atoms with E-state index in [1.807, 2.05) is 0 Å². The van der Waals surface area contributed by atoms with Gasteiger partial charge in [0.2, 0.25) is 0 Å². The molecule has 0 bridgehead atoms. The van der Waals surface area contributed by atoms with Gasteiger partial charge in [-0.05, 0) is 42.5 Å². The van der Waals surface area contributed by atoms with E-state index >= 15 is 0 Å². The minimum atomic E-state index is -0.571. The number of hydrogen-bond acceptors (Lipinski definition) is 6. The van der Waals surface area contributed by atoms with Crippen LogP contribution in [0, 0.1) is 10.1 Å². The molecule has 9 nitrogen and oxygen atoms in total. The SMILES string of the molecule is O=C(N/N=C\c1ccco1)c1ccc(NC(=O)c2cccc([N+](=O)[O-])c2)cc1. The summed E-state index contributed by atoms with van der Waals surface area (Å²) in [5.41, 5.74) is 3.12. The Labute approximate surface area is 158 Å². The lowest BCUT2D eigenvalue weighted by Gasteiger charge is -2.06. The van der Waals surface area contributed by atoms with Crippen molar-refractivity contribution in [3.05, 3.63) is 93.9 Å². The fourth-order valence-corrected chi connectivity index (χ4v) is 2.25. The smallest absolute Gasteiger partial charge is 0.271 e. The molecular formula is C19H14N4O5. The van der Waals surface area contributed by atoms with Crippen molar-refractivity contribution in [1.29, 1.82) is 0 Å². The van der Waals surface area contributed by atoms with Gasteiger partial charge in [-0.1, -0.05) is 6.07 Å². The van der Waals surface area contributed by atoms with Crippen LogP contribution in [0.4, 0.5) is 11.4 Å². The summed E-state index contributed by atoms with van der Waals surface area (Å²) in [5.74, 6) is -0.428. The van der Waals surface area contributed by atoms with Gasteiger partial charge in [-0.25, -0.2) is 5.43 Å². The van der Waals surface area contributed by atoms with Gasteiger partial charge in [0.15, 0.2) is 0 Å². The molecular weight excluding hydrogens is 364 g/mol. The van der Waals surface area contributed by atoms with Crippen molar-refractivity contribution in [2.75, 3.05) is 5.32 Å². The molecule has 0 radical (unpaired) electrons. The fraction of sp³-hybridized carbons (Fsp3) is 0. The minimum Gasteiger partial charge on any atom is -0.463 e. The molecule has 3 rings (SSSR count). The maximum absolute atomic E-state index is 12.2. The molecule has 0 aliphatic heterocycles. The average molecular weight is 378 g/mol. The summed E-state index contributed by atoms with van der Waals surface area (Å²) in [6.07, 6.45) is 2.86. The van der Waals surface area contributed by atoms with Crippen LogP contribution in [0.15, 0.2) is 76.4 Å². The van der Waals surface area contributed by atoms with Crippen LogP contribution in [0.3, 0.4) is 0 Å². The van der Waals surface area contributed by atoms with Crippen molar-refractivity contribution in [2.45, 2.75) is 0 Å². The number of non-ortho nitro benzene ring substituents is 1. The van der Waals surface area contributed by atoms with Crippen molar-refractivity contribution in [3.63, 3.8) is 0 Å². The molecule has 0 fully saturated rings. The average Bonchev–Trinajstić information content (AvgIpc) is 3.22. The van der Waals surface area contributed by atoms with E-state index in [-0.39, 0.29) is 11.3 Å². The molecule has 0 atom stereocenters. The highest BCUT2D eigenvalue weighted by molar-refractivity contribution is 6.05. The second-order valence-electron chi connectivity index (χ2n) is 5.55. The molecule has 0 spiro atoms. The fourth-order valence-electron chi connectivity index (χ4n) is 2.25. The normalized spacial score (nSPS) is 10.6. The quantitative estimate of drug-likeness (QED) is 0.387. The van der Waals surface area contributed by atoms with Gasteiger partial charge >= 0.3 is 0 Å². The predicted molar refractivity (Wildman–Crippen MR) is 101 cm³/mol. The topological polar surface area (TPSA) is 127 Å². The van der Waals surface area contributed by atoms with Crippen molar-refractivity contribution >= 4 is 29.4 Å². The highest BCUT2D eigenvalue weighted by Gasteiger charge is 2.12. The lowest BCUT2D eigenvalue weighted by atomic mass is 10.1. The van der Waals surface area contributed by atoms with Crippen molar-refractivity contribution in [1.82, 2.24) is 5.43 Å². The summed E-state index contributed by atoms with van der Waals surface area (Å²) in [6, 6.07) is 14.9. The number of carbonyl (C=O) groups is 2. The van der Waals surface area contributed by atoms with Crippen molar-refractivity contribution in [2.24, 2.45) is 5.10 Å². The third kappa shape index (κ3) is 4.67. The first kappa shape index (κ1) is 18.5. The number of benzene rings is 2. The number of anilines is 1. The number of furan rings is 1. The Morgan fingerprint density at radius 3 is 2.46 bits per heavy atom. The molecule has 3 aromatic rings. The molecule has 0 saturated carbocycles. The maximum Gasteiger partial charge on any atom is 0.271 e. The molecule has 1 aromatic heterocycles. The Kier molecular flexibility index (Phi) is 5.56. The first-order chi connectivity index (χ1) is 13.5. The molecule has 0 saturated heterocycles. The zero-order valence-electron chi connectivity index (χ0n) is 14.4. The number of carbonyl (C=O) groups excluding carboxylic acids is 2. The molecule has 1 heterocycles. The van der Waals surface area contributed by atoms with Crippen LogP contribution in [0.5, 0.6) is 0 Å². The molecule has 140 valence electrons. The standard InChI is InChI=1S/C19H14N4O5/c24-18(14-3-1-4-16(11-14)23(26)27)21-15-8-6-13(7-9-15)19(25)22-20-12-17-5-2-10-28-17/h1-12H,(H,21,24)(H,22,25)/b20-12-.